The molecule has 0 amide bonds. The van der Waals surface area contributed by atoms with Crippen LogP contribution in [0.25, 0.3) is 0 Å². The Labute approximate surface area is 124 Å². The third-order valence-electron chi connectivity index (χ3n) is 3.46. The van der Waals surface area contributed by atoms with E-state index in [9.17, 15) is 0 Å². The van der Waals surface area contributed by atoms with E-state index in [2.05, 4.69) is 46.6 Å². The Morgan fingerprint density at radius 2 is 2.10 bits per heavy atom. The van der Waals surface area contributed by atoms with Crippen molar-refractivity contribution in [3.8, 4) is 0 Å². The third-order valence-corrected chi connectivity index (χ3v) is 3.46. The van der Waals surface area contributed by atoms with Crippen LogP contribution in [0.15, 0.2) is 55.1 Å². The van der Waals surface area contributed by atoms with Crippen LogP contribution in [0.5, 0.6) is 0 Å². The van der Waals surface area contributed by atoms with E-state index in [1.165, 1.54) is 5.56 Å². The molecule has 0 aliphatic carbocycles. The van der Waals surface area contributed by atoms with Crippen LogP contribution in [0.1, 0.15) is 24.4 Å². The van der Waals surface area contributed by atoms with E-state index in [0.717, 1.165) is 18.1 Å². The standard InChI is InChI=1S/C16H19N5/c1-13(16-17-8-10-20(16)2)19-15-6-3-5-14(11-15)12-21-9-4-7-18-21/h3-11,13,19H,12H2,1-2H3. The van der Waals surface area contributed by atoms with Crippen molar-refractivity contribution in [2.75, 3.05) is 5.32 Å². The van der Waals surface area contributed by atoms with Crippen LogP contribution in [0.4, 0.5) is 5.69 Å². The molecule has 5 heteroatoms. The molecule has 2 heterocycles. The Kier molecular flexibility index (Phi) is 3.73. The van der Waals surface area contributed by atoms with E-state index in [4.69, 9.17) is 0 Å². The Balaban J connectivity index is 1.72. The van der Waals surface area contributed by atoms with Gasteiger partial charge >= 0.3 is 0 Å². The van der Waals surface area contributed by atoms with Crippen molar-refractivity contribution in [1.82, 2.24) is 19.3 Å². The van der Waals surface area contributed by atoms with Gasteiger partial charge in [0.1, 0.15) is 5.82 Å². The zero-order chi connectivity index (χ0) is 14.7. The molecule has 108 valence electrons. The molecule has 0 aliphatic heterocycles. The number of nitrogens with zero attached hydrogens (tertiary/aromatic N) is 4. The van der Waals surface area contributed by atoms with Crippen molar-refractivity contribution in [2.24, 2.45) is 7.05 Å². The Bertz CT molecular complexity index is 699. The summed E-state index contributed by atoms with van der Waals surface area (Å²) in [5.41, 5.74) is 2.31. The number of hydrogen-bond donors (Lipinski definition) is 1. The molecular formula is C16H19N5. The van der Waals surface area contributed by atoms with Crippen LogP contribution in [0, 0.1) is 0 Å². The number of aryl methyl sites for hydroxylation is 1. The molecule has 0 saturated carbocycles. The van der Waals surface area contributed by atoms with Crippen molar-refractivity contribution in [2.45, 2.75) is 19.5 Å². The van der Waals surface area contributed by atoms with E-state index in [1.807, 2.05) is 41.0 Å². The Morgan fingerprint density at radius 3 is 2.81 bits per heavy atom. The molecule has 1 N–H and O–H groups in total. The van der Waals surface area contributed by atoms with Gasteiger partial charge in [-0.15, -0.1) is 0 Å². The minimum absolute atomic E-state index is 0.157. The summed E-state index contributed by atoms with van der Waals surface area (Å²) in [6.07, 6.45) is 7.55. The number of imidazole rings is 1. The predicted molar refractivity (Wildman–Crippen MR) is 83.0 cm³/mol. The van der Waals surface area contributed by atoms with Crippen molar-refractivity contribution in [1.29, 1.82) is 0 Å². The zero-order valence-corrected chi connectivity index (χ0v) is 12.3. The largest absolute Gasteiger partial charge is 0.375 e. The molecule has 1 aromatic carbocycles. The summed E-state index contributed by atoms with van der Waals surface area (Å²) in [7, 11) is 2.01. The van der Waals surface area contributed by atoms with Gasteiger partial charge in [0.2, 0.25) is 0 Å². The van der Waals surface area contributed by atoms with E-state index >= 15 is 0 Å². The third kappa shape index (κ3) is 3.13. The molecule has 5 nitrogen and oxygen atoms in total. The normalized spacial score (nSPS) is 12.3. The smallest absolute Gasteiger partial charge is 0.130 e. The van der Waals surface area contributed by atoms with Crippen molar-refractivity contribution < 1.29 is 0 Å². The van der Waals surface area contributed by atoms with Crippen LogP contribution < -0.4 is 5.32 Å². The first-order valence-electron chi connectivity index (χ1n) is 7.02. The first-order valence-corrected chi connectivity index (χ1v) is 7.02. The maximum Gasteiger partial charge on any atom is 0.130 e. The molecule has 2 aromatic heterocycles. The number of benzene rings is 1. The molecule has 0 aliphatic rings. The summed E-state index contributed by atoms with van der Waals surface area (Å²) >= 11 is 0. The summed E-state index contributed by atoms with van der Waals surface area (Å²) in [6.45, 7) is 2.89. The van der Waals surface area contributed by atoms with E-state index < -0.39 is 0 Å². The first kappa shape index (κ1) is 13.4. The summed E-state index contributed by atoms with van der Waals surface area (Å²) < 4.78 is 3.95. The number of aromatic nitrogens is 4. The number of nitrogens with one attached hydrogen (secondary N) is 1. The molecule has 0 radical (unpaired) electrons. The number of rotatable bonds is 5. The highest BCUT2D eigenvalue weighted by atomic mass is 15.3. The lowest BCUT2D eigenvalue weighted by Crippen LogP contribution is -2.12. The van der Waals surface area contributed by atoms with Gasteiger partial charge in [-0.1, -0.05) is 12.1 Å². The van der Waals surface area contributed by atoms with Crippen molar-refractivity contribution in [3.05, 3.63) is 66.5 Å². The van der Waals surface area contributed by atoms with Crippen LogP contribution >= 0.6 is 0 Å². The second-order valence-electron chi connectivity index (χ2n) is 5.17. The average molecular weight is 281 g/mol. The highest BCUT2D eigenvalue weighted by Gasteiger charge is 2.10. The highest BCUT2D eigenvalue weighted by Crippen LogP contribution is 2.19. The molecular weight excluding hydrogens is 262 g/mol. The Morgan fingerprint density at radius 1 is 1.19 bits per heavy atom. The summed E-state index contributed by atoms with van der Waals surface area (Å²) in [5, 5.41) is 7.73. The van der Waals surface area contributed by atoms with Gasteiger partial charge in [0.05, 0.1) is 12.6 Å². The van der Waals surface area contributed by atoms with Crippen LogP contribution in [0.2, 0.25) is 0 Å². The lowest BCUT2D eigenvalue weighted by molar-refractivity contribution is 0.686. The van der Waals surface area contributed by atoms with Gasteiger partial charge in [0, 0.05) is 37.5 Å². The lowest BCUT2D eigenvalue weighted by Gasteiger charge is -2.16. The molecule has 3 aromatic rings. The van der Waals surface area contributed by atoms with Gasteiger partial charge in [-0.3, -0.25) is 4.68 Å². The predicted octanol–water partition coefficient (Wildman–Crippen LogP) is 2.84. The second kappa shape index (κ2) is 5.83. The van der Waals surface area contributed by atoms with Crippen LogP contribution in [0.3, 0.4) is 0 Å². The lowest BCUT2D eigenvalue weighted by atomic mass is 10.2. The second-order valence-corrected chi connectivity index (χ2v) is 5.17. The average Bonchev–Trinajstić information content (AvgIpc) is 3.10. The number of hydrogen-bond acceptors (Lipinski definition) is 3. The first-order chi connectivity index (χ1) is 10.2. The fourth-order valence-corrected chi connectivity index (χ4v) is 2.45. The monoisotopic (exact) mass is 281 g/mol. The van der Waals surface area contributed by atoms with Gasteiger partial charge in [-0.25, -0.2) is 4.98 Å². The summed E-state index contributed by atoms with van der Waals surface area (Å²) in [6, 6.07) is 10.5. The maximum absolute atomic E-state index is 4.38. The fourth-order valence-electron chi connectivity index (χ4n) is 2.45. The van der Waals surface area contributed by atoms with Gasteiger partial charge in [0.25, 0.3) is 0 Å². The highest BCUT2D eigenvalue weighted by molar-refractivity contribution is 5.47. The van der Waals surface area contributed by atoms with Crippen LogP contribution in [-0.4, -0.2) is 19.3 Å². The molecule has 0 fully saturated rings. The fraction of sp³-hybridized carbons (Fsp3) is 0.250. The van der Waals surface area contributed by atoms with Crippen LogP contribution in [-0.2, 0) is 13.6 Å². The van der Waals surface area contributed by atoms with E-state index in [-0.39, 0.29) is 6.04 Å². The van der Waals surface area contributed by atoms with Gasteiger partial charge in [0.15, 0.2) is 0 Å². The minimum Gasteiger partial charge on any atom is -0.375 e. The van der Waals surface area contributed by atoms with Gasteiger partial charge < -0.3 is 9.88 Å². The van der Waals surface area contributed by atoms with E-state index in [1.54, 1.807) is 6.20 Å². The summed E-state index contributed by atoms with van der Waals surface area (Å²) in [4.78, 5) is 4.38. The van der Waals surface area contributed by atoms with Crippen molar-refractivity contribution >= 4 is 5.69 Å². The van der Waals surface area contributed by atoms with Gasteiger partial charge in [-0.05, 0) is 30.7 Å². The topological polar surface area (TPSA) is 47.7 Å². The summed E-state index contributed by atoms with van der Waals surface area (Å²) in [5.74, 6) is 1.02. The van der Waals surface area contributed by atoms with E-state index in [0.29, 0.717) is 0 Å². The maximum atomic E-state index is 4.38. The van der Waals surface area contributed by atoms with Gasteiger partial charge in [-0.2, -0.15) is 5.10 Å². The molecule has 0 bridgehead atoms. The molecule has 1 unspecified atom stereocenters. The zero-order valence-electron chi connectivity index (χ0n) is 12.3. The SMILES string of the molecule is CC(Nc1cccc(Cn2cccn2)c1)c1nccn1C. The Hall–Kier alpha value is -2.56. The molecule has 1 atom stereocenters. The number of anilines is 1. The molecule has 21 heavy (non-hydrogen) atoms. The molecule has 0 spiro atoms. The molecule has 3 rings (SSSR count). The van der Waals surface area contributed by atoms with Crippen molar-refractivity contribution in [3.63, 3.8) is 0 Å². The minimum atomic E-state index is 0.157. The quantitative estimate of drug-likeness (QED) is 0.782. The molecule has 0 saturated heterocycles.